The molecule has 1 rings (SSSR count). The Kier molecular flexibility index (Phi) is 5.07. The Labute approximate surface area is 103 Å². The fraction of sp³-hybridized carbons (Fsp3) is 0.615. The molecule has 0 aliphatic heterocycles. The van der Waals surface area contributed by atoms with Crippen molar-refractivity contribution in [2.24, 2.45) is 11.8 Å². The van der Waals surface area contributed by atoms with Crippen LogP contribution in [0, 0.1) is 11.8 Å². The highest BCUT2D eigenvalue weighted by molar-refractivity contribution is 5.91. The van der Waals surface area contributed by atoms with E-state index in [0.717, 1.165) is 13.1 Å². The predicted octanol–water partition coefficient (Wildman–Crippen LogP) is 2.23. The molecule has 0 fully saturated rings. The highest BCUT2D eigenvalue weighted by Gasteiger charge is 2.18. The van der Waals surface area contributed by atoms with E-state index in [1.165, 1.54) is 6.20 Å². The quantitative estimate of drug-likeness (QED) is 0.786. The summed E-state index contributed by atoms with van der Waals surface area (Å²) in [6.07, 6.45) is 4.65. The number of nitrogens with zero attached hydrogens (tertiary/aromatic N) is 3. The monoisotopic (exact) mass is 235 g/mol. The van der Waals surface area contributed by atoms with Crippen LogP contribution in [0.15, 0.2) is 18.6 Å². The van der Waals surface area contributed by atoms with Crippen molar-refractivity contribution in [1.29, 1.82) is 0 Å². The molecule has 1 amide bonds. The van der Waals surface area contributed by atoms with E-state index in [4.69, 9.17) is 0 Å². The molecule has 0 aliphatic carbocycles. The van der Waals surface area contributed by atoms with Gasteiger partial charge in [0.15, 0.2) is 0 Å². The van der Waals surface area contributed by atoms with Crippen molar-refractivity contribution in [2.75, 3.05) is 13.1 Å². The maximum atomic E-state index is 12.2. The molecule has 94 valence electrons. The van der Waals surface area contributed by atoms with Crippen molar-refractivity contribution < 1.29 is 4.79 Å². The maximum absolute atomic E-state index is 12.2. The van der Waals surface area contributed by atoms with Gasteiger partial charge in [-0.2, -0.15) is 0 Å². The molecule has 0 bridgehead atoms. The standard InChI is InChI=1S/C13H21N3O/c1-10(2)8-16(9-11(3)4)13(17)12-7-14-5-6-15-12/h5-7,10-11H,8-9H2,1-4H3. The lowest BCUT2D eigenvalue weighted by molar-refractivity contribution is 0.0708. The second kappa shape index (κ2) is 6.33. The molecule has 0 N–H and O–H groups in total. The van der Waals surface area contributed by atoms with Crippen LogP contribution in [0.2, 0.25) is 0 Å². The van der Waals surface area contributed by atoms with Crippen molar-refractivity contribution in [1.82, 2.24) is 14.9 Å². The van der Waals surface area contributed by atoms with Crippen molar-refractivity contribution in [3.05, 3.63) is 24.3 Å². The van der Waals surface area contributed by atoms with Gasteiger partial charge in [-0.05, 0) is 11.8 Å². The number of rotatable bonds is 5. The van der Waals surface area contributed by atoms with Gasteiger partial charge >= 0.3 is 0 Å². The summed E-state index contributed by atoms with van der Waals surface area (Å²) in [4.78, 5) is 22.1. The molecule has 4 heteroatoms. The summed E-state index contributed by atoms with van der Waals surface area (Å²) in [5, 5.41) is 0. The molecule has 1 aromatic heterocycles. The zero-order valence-corrected chi connectivity index (χ0v) is 11.1. The highest BCUT2D eigenvalue weighted by atomic mass is 16.2. The summed E-state index contributed by atoms with van der Waals surface area (Å²) >= 11 is 0. The van der Waals surface area contributed by atoms with Crippen LogP contribution in [0.3, 0.4) is 0 Å². The van der Waals surface area contributed by atoms with Crippen LogP contribution in [0.5, 0.6) is 0 Å². The molecule has 1 heterocycles. The molecule has 0 unspecified atom stereocenters. The third kappa shape index (κ3) is 4.51. The van der Waals surface area contributed by atoms with Crippen LogP contribution < -0.4 is 0 Å². The van der Waals surface area contributed by atoms with Crippen molar-refractivity contribution in [3.8, 4) is 0 Å². The van der Waals surface area contributed by atoms with E-state index in [1.54, 1.807) is 12.4 Å². The van der Waals surface area contributed by atoms with Crippen molar-refractivity contribution >= 4 is 5.91 Å². The minimum atomic E-state index is -0.0273. The minimum absolute atomic E-state index is 0.0273. The first-order valence-corrected chi connectivity index (χ1v) is 6.06. The number of amides is 1. The molecule has 0 saturated carbocycles. The topological polar surface area (TPSA) is 46.1 Å². The lowest BCUT2D eigenvalue weighted by Gasteiger charge is -2.25. The summed E-state index contributed by atoms with van der Waals surface area (Å²) in [6, 6.07) is 0. The first kappa shape index (κ1) is 13.6. The molecular weight excluding hydrogens is 214 g/mol. The second-order valence-corrected chi connectivity index (χ2v) is 5.09. The zero-order valence-electron chi connectivity index (χ0n) is 11.1. The summed E-state index contributed by atoms with van der Waals surface area (Å²) < 4.78 is 0. The predicted molar refractivity (Wildman–Crippen MR) is 67.6 cm³/mol. The molecule has 0 radical (unpaired) electrons. The Morgan fingerprint density at radius 2 is 1.76 bits per heavy atom. The summed E-state index contributed by atoms with van der Waals surface area (Å²) in [6.45, 7) is 9.95. The Balaban J connectivity index is 2.79. The molecule has 0 atom stereocenters. The fourth-order valence-electron chi connectivity index (χ4n) is 1.69. The van der Waals surface area contributed by atoms with Gasteiger partial charge in [0.25, 0.3) is 5.91 Å². The van der Waals surface area contributed by atoms with Crippen LogP contribution in [0.1, 0.15) is 38.2 Å². The van der Waals surface area contributed by atoms with Gasteiger partial charge in [0.1, 0.15) is 5.69 Å². The van der Waals surface area contributed by atoms with Crippen LogP contribution in [0.4, 0.5) is 0 Å². The average Bonchev–Trinajstić information content (AvgIpc) is 2.27. The van der Waals surface area contributed by atoms with E-state index >= 15 is 0 Å². The smallest absolute Gasteiger partial charge is 0.274 e. The molecule has 0 aromatic carbocycles. The SMILES string of the molecule is CC(C)CN(CC(C)C)C(=O)c1cnccn1. The summed E-state index contributed by atoms with van der Waals surface area (Å²) in [5.41, 5.74) is 0.425. The van der Waals surface area contributed by atoms with Crippen molar-refractivity contribution in [2.45, 2.75) is 27.7 Å². The minimum Gasteiger partial charge on any atom is -0.337 e. The van der Waals surface area contributed by atoms with E-state index in [-0.39, 0.29) is 5.91 Å². The van der Waals surface area contributed by atoms with Gasteiger partial charge in [0.2, 0.25) is 0 Å². The van der Waals surface area contributed by atoms with Gasteiger partial charge in [-0.3, -0.25) is 9.78 Å². The molecule has 0 saturated heterocycles. The van der Waals surface area contributed by atoms with Crippen LogP contribution >= 0.6 is 0 Å². The zero-order chi connectivity index (χ0) is 12.8. The van der Waals surface area contributed by atoms with Crippen LogP contribution in [-0.4, -0.2) is 33.9 Å². The Hall–Kier alpha value is -1.45. The molecular formula is C13H21N3O. The second-order valence-electron chi connectivity index (χ2n) is 5.09. The van der Waals surface area contributed by atoms with E-state index in [9.17, 15) is 4.79 Å². The fourth-order valence-corrected chi connectivity index (χ4v) is 1.69. The lowest BCUT2D eigenvalue weighted by atomic mass is 10.1. The Morgan fingerprint density at radius 1 is 1.18 bits per heavy atom. The first-order valence-electron chi connectivity index (χ1n) is 6.06. The van der Waals surface area contributed by atoms with E-state index < -0.39 is 0 Å². The molecule has 4 nitrogen and oxygen atoms in total. The third-order valence-corrected chi connectivity index (χ3v) is 2.24. The Morgan fingerprint density at radius 3 is 2.18 bits per heavy atom. The summed E-state index contributed by atoms with van der Waals surface area (Å²) in [7, 11) is 0. The van der Waals surface area contributed by atoms with Gasteiger partial charge in [-0.25, -0.2) is 4.98 Å². The molecule has 17 heavy (non-hydrogen) atoms. The van der Waals surface area contributed by atoms with E-state index in [1.807, 2.05) is 4.90 Å². The van der Waals surface area contributed by atoms with Gasteiger partial charge in [-0.1, -0.05) is 27.7 Å². The highest BCUT2D eigenvalue weighted by Crippen LogP contribution is 2.08. The molecule has 0 spiro atoms. The third-order valence-electron chi connectivity index (χ3n) is 2.24. The molecule has 0 aliphatic rings. The normalized spacial score (nSPS) is 10.9. The number of hydrogen-bond acceptors (Lipinski definition) is 3. The maximum Gasteiger partial charge on any atom is 0.274 e. The van der Waals surface area contributed by atoms with Crippen molar-refractivity contribution in [3.63, 3.8) is 0 Å². The number of aromatic nitrogens is 2. The first-order chi connectivity index (χ1) is 8.00. The van der Waals surface area contributed by atoms with Gasteiger partial charge in [-0.15, -0.1) is 0 Å². The van der Waals surface area contributed by atoms with E-state index in [0.29, 0.717) is 17.5 Å². The van der Waals surface area contributed by atoms with Gasteiger partial charge < -0.3 is 4.90 Å². The number of carbonyl (C=O) groups excluding carboxylic acids is 1. The van der Waals surface area contributed by atoms with Gasteiger partial charge in [0.05, 0.1) is 6.20 Å². The Bertz CT molecular complexity index is 339. The lowest BCUT2D eigenvalue weighted by Crippen LogP contribution is -2.37. The summed E-state index contributed by atoms with van der Waals surface area (Å²) in [5.74, 6) is 0.879. The number of carbonyl (C=O) groups is 1. The van der Waals surface area contributed by atoms with Crippen LogP contribution in [0.25, 0.3) is 0 Å². The van der Waals surface area contributed by atoms with Crippen LogP contribution in [-0.2, 0) is 0 Å². The molecule has 1 aromatic rings. The average molecular weight is 235 g/mol. The number of hydrogen-bond donors (Lipinski definition) is 0. The van der Waals surface area contributed by atoms with Gasteiger partial charge in [0, 0.05) is 25.5 Å². The van der Waals surface area contributed by atoms with E-state index in [2.05, 4.69) is 37.7 Å². The largest absolute Gasteiger partial charge is 0.337 e.